The monoisotopic (exact) mass is 264 g/mol. The lowest BCUT2D eigenvalue weighted by Gasteiger charge is -2.22. The summed E-state index contributed by atoms with van der Waals surface area (Å²) in [5.41, 5.74) is 0. The molecule has 2 rings (SSSR count). The van der Waals surface area contributed by atoms with Gasteiger partial charge < -0.3 is 5.32 Å². The number of nitrogens with one attached hydrogen (secondary N) is 1. The molecule has 19 heavy (non-hydrogen) atoms. The number of carbonyl (C=O) groups is 1. The number of aryl methyl sites for hydroxylation is 2. The molecule has 0 aliphatic heterocycles. The Morgan fingerprint density at radius 3 is 2.84 bits per heavy atom. The van der Waals surface area contributed by atoms with Crippen LogP contribution in [-0.2, 0) is 13.6 Å². The summed E-state index contributed by atoms with van der Waals surface area (Å²) in [4.78, 5) is 12.4. The van der Waals surface area contributed by atoms with Crippen molar-refractivity contribution in [2.24, 2.45) is 7.05 Å². The van der Waals surface area contributed by atoms with Crippen LogP contribution >= 0.6 is 0 Å². The number of hydrogen-bond acceptors (Lipinski definition) is 1. The Morgan fingerprint density at radius 2 is 2.16 bits per heavy atom. The standard InChI is InChI=1S/C15H25N3O/c1-3-4-10-18-12-11-17(2)15(18)14(19)16-13-8-6-5-7-9-13/h11-13H,3-10H2,1-2H3/p+1. The van der Waals surface area contributed by atoms with Crippen LogP contribution in [0, 0.1) is 0 Å². The summed E-state index contributed by atoms with van der Waals surface area (Å²) in [5.74, 6) is 0.856. The Hall–Kier alpha value is -1.32. The predicted octanol–water partition coefficient (Wildman–Crippen LogP) is 2.18. The lowest BCUT2D eigenvalue weighted by molar-refractivity contribution is -0.673. The van der Waals surface area contributed by atoms with Crippen LogP contribution in [-0.4, -0.2) is 16.5 Å². The van der Waals surface area contributed by atoms with E-state index in [1.165, 1.54) is 19.3 Å². The second-order valence-electron chi connectivity index (χ2n) is 5.59. The van der Waals surface area contributed by atoms with E-state index >= 15 is 0 Å². The number of rotatable bonds is 5. The largest absolute Gasteiger partial charge is 0.347 e. The predicted molar refractivity (Wildman–Crippen MR) is 74.9 cm³/mol. The number of unbranched alkanes of at least 4 members (excludes halogenated alkanes) is 1. The highest BCUT2D eigenvalue weighted by Crippen LogP contribution is 2.17. The number of imidazole rings is 1. The number of amides is 1. The van der Waals surface area contributed by atoms with Gasteiger partial charge in [0.1, 0.15) is 12.4 Å². The zero-order valence-corrected chi connectivity index (χ0v) is 12.2. The molecule has 1 aromatic heterocycles. The molecule has 1 heterocycles. The van der Waals surface area contributed by atoms with E-state index in [-0.39, 0.29) is 5.91 Å². The van der Waals surface area contributed by atoms with Gasteiger partial charge in [-0.15, -0.1) is 0 Å². The van der Waals surface area contributed by atoms with Crippen molar-refractivity contribution in [1.82, 2.24) is 9.88 Å². The fraction of sp³-hybridized carbons (Fsp3) is 0.733. The Morgan fingerprint density at radius 1 is 1.42 bits per heavy atom. The second-order valence-corrected chi connectivity index (χ2v) is 5.59. The highest BCUT2D eigenvalue weighted by atomic mass is 16.2. The number of carbonyl (C=O) groups excluding carboxylic acids is 1. The van der Waals surface area contributed by atoms with E-state index < -0.39 is 0 Å². The molecule has 1 saturated carbocycles. The molecule has 4 heteroatoms. The number of aromatic nitrogens is 2. The highest BCUT2D eigenvalue weighted by molar-refractivity contribution is 5.89. The average Bonchev–Trinajstić information content (AvgIpc) is 2.78. The van der Waals surface area contributed by atoms with Gasteiger partial charge in [0.25, 0.3) is 0 Å². The Kier molecular flexibility index (Phi) is 5.00. The van der Waals surface area contributed by atoms with Crippen LogP contribution in [0.2, 0.25) is 0 Å². The molecule has 1 amide bonds. The van der Waals surface area contributed by atoms with Crippen LogP contribution in [0.15, 0.2) is 12.4 Å². The summed E-state index contributed by atoms with van der Waals surface area (Å²) in [6, 6.07) is 0.371. The number of hydrogen-bond donors (Lipinski definition) is 1. The minimum atomic E-state index is 0.0792. The van der Waals surface area contributed by atoms with E-state index in [1.54, 1.807) is 0 Å². The molecule has 0 aromatic carbocycles. The van der Waals surface area contributed by atoms with E-state index in [4.69, 9.17) is 0 Å². The van der Waals surface area contributed by atoms with Gasteiger partial charge in [0.05, 0.1) is 13.6 Å². The van der Waals surface area contributed by atoms with Crippen molar-refractivity contribution in [2.45, 2.75) is 64.5 Å². The van der Waals surface area contributed by atoms with Gasteiger partial charge in [-0.05, 0) is 19.3 Å². The van der Waals surface area contributed by atoms with E-state index in [0.717, 1.165) is 38.1 Å². The third kappa shape index (κ3) is 3.58. The van der Waals surface area contributed by atoms with Crippen molar-refractivity contribution >= 4 is 5.91 Å². The Bertz CT molecular complexity index is 419. The van der Waals surface area contributed by atoms with Gasteiger partial charge in [-0.3, -0.25) is 4.79 Å². The van der Waals surface area contributed by atoms with Crippen LogP contribution in [0.5, 0.6) is 0 Å². The molecular formula is C15H26N3O+. The van der Waals surface area contributed by atoms with Crippen molar-refractivity contribution in [3.8, 4) is 0 Å². The van der Waals surface area contributed by atoms with Gasteiger partial charge in [-0.2, -0.15) is 0 Å². The molecule has 0 saturated heterocycles. The summed E-state index contributed by atoms with van der Waals surface area (Å²) < 4.78 is 4.00. The van der Waals surface area contributed by atoms with Gasteiger partial charge >= 0.3 is 11.7 Å². The minimum absolute atomic E-state index is 0.0792. The smallest absolute Gasteiger partial charge is 0.343 e. The molecule has 1 N–H and O–H groups in total. The molecule has 1 fully saturated rings. The summed E-state index contributed by atoms with van der Waals surface area (Å²) in [6.45, 7) is 3.09. The van der Waals surface area contributed by atoms with Gasteiger partial charge in [-0.1, -0.05) is 32.6 Å². The molecular weight excluding hydrogens is 238 g/mol. The second kappa shape index (κ2) is 6.73. The van der Waals surface area contributed by atoms with Crippen LogP contribution in [0.4, 0.5) is 0 Å². The first kappa shape index (κ1) is 14.1. The maximum absolute atomic E-state index is 12.4. The minimum Gasteiger partial charge on any atom is -0.343 e. The van der Waals surface area contributed by atoms with Gasteiger partial charge in [0.15, 0.2) is 0 Å². The molecule has 1 aromatic rings. The van der Waals surface area contributed by atoms with E-state index in [9.17, 15) is 4.79 Å². The van der Waals surface area contributed by atoms with Crippen molar-refractivity contribution in [1.29, 1.82) is 0 Å². The van der Waals surface area contributed by atoms with Gasteiger partial charge in [0.2, 0.25) is 0 Å². The molecule has 106 valence electrons. The molecule has 0 spiro atoms. The van der Waals surface area contributed by atoms with Crippen LogP contribution in [0.1, 0.15) is 62.5 Å². The van der Waals surface area contributed by atoms with E-state index in [2.05, 4.69) is 16.8 Å². The molecule has 4 nitrogen and oxygen atoms in total. The third-order valence-electron chi connectivity index (χ3n) is 3.97. The molecule has 0 atom stereocenters. The maximum atomic E-state index is 12.4. The topological polar surface area (TPSA) is 37.9 Å². The van der Waals surface area contributed by atoms with Gasteiger partial charge in [-0.25, -0.2) is 9.13 Å². The molecule has 1 aliphatic carbocycles. The zero-order valence-electron chi connectivity index (χ0n) is 12.2. The normalized spacial score (nSPS) is 16.5. The molecule has 0 bridgehead atoms. The first-order valence-electron chi connectivity index (χ1n) is 7.58. The zero-order chi connectivity index (χ0) is 13.7. The summed E-state index contributed by atoms with van der Waals surface area (Å²) >= 11 is 0. The highest BCUT2D eigenvalue weighted by Gasteiger charge is 2.26. The van der Waals surface area contributed by atoms with Crippen LogP contribution in [0.3, 0.4) is 0 Å². The SMILES string of the molecule is CCCCn1cc[n+](C)c1C(=O)NC1CCCCC1. The van der Waals surface area contributed by atoms with Crippen LogP contribution < -0.4 is 9.88 Å². The third-order valence-corrected chi connectivity index (χ3v) is 3.97. The van der Waals surface area contributed by atoms with Crippen molar-refractivity contribution < 1.29 is 9.36 Å². The lowest BCUT2D eigenvalue weighted by Crippen LogP contribution is -2.44. The number of nitrogens with zero attached hydrogens (tertiary/aromatic N) is 2. The quantitative estimate of drug-likeness (QED) is 0.813. The Balaban J connectivity index is 2.02. The van der Waals surface area contributed by atoms with E-state index in [1.807, 2.05) is 24.0 Å². The molecule has 0 unspecified atom stereocenters. The lowest BCUT2D eigenvalue weighted by atomic mass is 9.95. The first-order valence-corrected chi connectivity index (χ1v) is 7.58. The summed E-state index contributed by atoms with van der Waals surface area (Å²) in [7, 11) is 1.94. The average molecular weight is 264 g/mol. The van der Waals surface area contributed by atoms with E-state index in [0.29, 0.717) is 6.04 Å². The first-order chi connectivity index (χ1) is 9.22. The Labute approximate surface area is 115 Å². The maximum Gasteiger partial charge on any atom is 0.347 e. The van der Waals surface area contributed by atoms with Crippen molar-refractivity contribution in [3.05, 3.63) is 18.2 Å². The van der Waals surface area contributed by atoms with Crippen LogP contribution in [0.25, 0.3) is 0 Å². The summed E-state index contributed by atoms with van der Waals surface area (Å²) in [6.07, 6.45) is 12.3. The van der Waals surface area contributed by atoms with Crippen molar-refractivity contribution in [2.75, 3.05) is 0 Å². The molecule has 1 aliphatic rings. The fourth-order valence-corrected chi connectivity index (χ4v) is 2.82. The van der Waals surface area contributed by atoms with Crippen molar-refractivity contribution in [3.63, 3.8) is 0 Å². The molecule has 0 radical (unpaired) electrons. The van der Waals surface area contributed by atoms with Gasteiger partial charge in [0, 0.05) is 6.04 Å². The fourth-order valence-electron chi connectivity index (χ4n) is 2.82. The summed E-state index contributed by atoms with van der Waals surface area (Å²) in [5, 5.41) is 3.20.